The van der Waals surface area contributed by atoms with Crippen molar-refractivity contribution in [2.24, 2.45) is 0 Å². The molecule has 3 N–H and O–H groups in total. The molecule has 0 bridgehead atoms. The second-order valence-corrected chi connectivity index (χ2v) is 22.8. The SMILES string of the molecule is CCCCCCCCCCCCCCCCC(O)C(CO)NC(=O)CCCCCCCCCCCCCCCC/C=C\CCCCCCCCCCCCCCOC(=O)CCCCCCCCCCCCC. The number of aliphatic hydroxyl groups is 2. The number of esters is 1. The molecular weight excluding hydrogens is 887 g/mol. The average Bonchev–Trinajstić information content (AvgIpc) is 3.38. The van der Waals surface area contributed by atoms with Crippen LogP contribution in [0.15, 0.2) is 12.2 Å². The fourth-order valence-electron chi connectivity index (χ4n) is 10.5. The molecule has 0 aliphatic carbocycles. The van der Waals surface area contributed by atoms with Gasteiger partial charge >= 0.3 is 5.97 Å². The number of hydrogen-bond acceptors (Lipinski definition) is 5. The number of rotatable bonds is 62. The van der Waals surface area contributed by atoms with E-state index >= 15 is 0 Å². The fourth-order valence-corrected chi connectivity index (χ4v) is 10.5. The molecule has 2 unspecified atom stereocenters. The predicted molar refractivity (Wildman–Crippen MR) is 315 cm³/mol. The third kappa shape index (κ3) is 57.9. The van der Waals surface area contributed by atoms with E-state index in [4.69, 9.17) is 4.74 Å². The number of carbonyl (C=O) groups is 2. The standard InChI is InChI=1S/C66H129NO5/c1-3-5-7-9-11-13-15-16-35-39-42-46-50-54-58-64(69)63(62-68)67-65(70)59-55-51-47-43-40-36-33-31-29-27-25-23-21-19-17-18-20-22-24-26-28-30-32-34-37-41-45-49-53-57-61-72-66(71)60-56-52-48-44-38-14-12-10-8-6-4-2/h18,20,63-64,68-69H,3-17,19,21-62H2,1-2H3,(H,67,70)/b20-18-. The first-order chi connectivity index (χ1) is 35.5. The van der Waals surface area contributed by atoms with E-state index < -0.39 is 12.1 Å². The number of nitrogens with one attached hydrogen (secondary N) is 1. The highest BCUT2D eigenvalue weighted by Gasteiger charge is 2.20. The van der Waals surface area contributed by atoms with Gasteiger partial charge in [0.2, 0.25) is 5.91 Å². The number of amides is 1. The van der Waals surface area contributed by atoms with E-state index in [1.807, 2.05) is 0 Å². The van der Waals surface area contributed by atoms with Gasteiger partial charge in [0.1, 0.15) is 0 Å². The maximum Gasteiger partial charge on any atom is 0.305 e. The Kier molecular flexibility index (Phi) is 60.9. The van der Waals surface area contributed by atoms with Crippen LogP contribution < -0.4 is 5.32 Å². The van der Waals surface area contributed by atoms with Crippen molar-refractivity contribution in [2.75, 3.05) is 13.2 Å². The average molecular weight is 1020 g/mol. The first-order valence-corrected chi connectivity index (χ1v) is 32.9. The van der Waals surface area contributed by atoms with Gasteiger partial charge < -0.3 is 20.3 Å². The Morgan fingerprint density at radius 1 is 0.375 bits per heavy atom. The van der Waals surface area contributed by atoms with Gasteiger partial charge in [0.15, 0.2) is 0 Å². The molecule has 6 nitrogen and oxygen atoms in total. The lowest BCUT2D eigenvalue weighted by atomic mass is 10.0. The van der Waals surface area contributed by atoms with E-state index in [1.165, 1.54) is 302 Å². The maximum absolute atomic E-state index is 12.5. The van der Waals surface area contributed by atoms with Gasteiger partial charge in [0.25, 0.3) is 0 Å². The zero-order valence-electron chi connectivity index (χ0n) is 48.9. The Hall–Kier alpha value is -1.40. The van der Waals surface area contributed by atoms with Crippen LogP contribution in [0.3, 0.4) is 0 Å². The fraction of sp³-hybridized carbons (Fsp3) is 0.939. The number of aliphatic hydroxyl groups excluding tert-OH is 2. The highest BCUT2D eigenvalue weighted by Crippen LogP contribution is 2.18. The molecule has 0 fully saturated rings. The van der Waals surface area contributed by atoms with Crippen molar-refractivity contribution >= 4 is 11.9 Å². The molecule has 0 aromatic carbocycles. The molecule has 72 heavy (non-hydrogen) atoms. The predicted octanol–water partition coefficient (Wildman–Crippen LogP) is 20.8. The Labute approximate surface area is 450 Å². The third-order valence-corrected chi connectivity index (χ3v) is 15.6. The largest absolute Gasteiger partial charge is 0.466 e. The number of unbranched alkanes of at least 4 members (excludes halogenated alkanes) is 49. The van der Waals surface area contributed by atoms with Crippen LogP contribution in [0.1, 0.15) is 373 Å². The second-order valence-electron chi connectivity index (χ2n) is 22.8. The van der Waals surface area contributed by atoms with Crippen molar-refractivity contribution in [3.05, 3.63) is 12.2 Å². The van der Waals surface area contributed by atoms with Gasteiger partial charge in [-0.05, 0) is 51.4 Å². The van der Waals surface area contributed by atoms with Gasteiger partial charge in [-0.15, -0.1) is 0 Å². The van der Waals surface area contributed by atoms with Gasteiger partial charge in [0, 0.05) is 12.8 Å². The van der Waals surface area contributed by atoms with Crippen LogP contribution in [0, 0.1) is 0 Å². The summed E-state index contributed by atoms with van der Waals surface area (Å²) < 4.78 is 5.47. The summed E-state index contributed by atoms with van der Waals surface area (Å²) >= 11 is 0. The lowest BCUT2D eigenvalue weighted by Gasteiger charge is -2.22. The first-order valence-electron chi connectivity index (χ1n) is 32.9. The van der Waals surface area contributed by atoms with Gasteiger partial charge in [-0.1, -0.05) is 321 Å². The first kappa shape index (κ1) is 70.6. The molecule has 0 aromatic rings. The topological polar surface area (TPSA) is 95.9 Å². The highest BCUT2D eigenvalue weighted by atomic mass is 16.5. The van der Waals surface area contributed by atoms with Crippen molar-refractivity contribution in [2.45, 2.75) is 386 Å². The van der Waals surface area contributed by atoms with Crippen LogP contribution in [0.2, 0.25) is 0 Å². The van der Waals surface area contributed by atoms with Gasteiger partial charge in [-0.25, -0.2) is 0 Å². The summed E-state index contributed by atoms with van der Waals surface area (Å²) in [5.41, 5.74) is 0. The Morgan fingerprint density at radius 2 is 0.653 bits per heavy atom. The zero-order valence-corrected chi connectivity index (χ0v) is 48.9. The minimum Gasteiger partial charge on any atom is -0.466 e. The molecule has 2 atom stereocenters. The van der Waals surface area contributed by atoms with Crippen LogP contribution >= 0.6 is 0 Å². The molecule has 0 saturated heterocycles. The zero-order chi connectivity index (χ0) is 52.2. The lowest BCUT2D eigenvalue weighted by molar-refractivity contribution is -0.143. The van der Waals surface area contributed by atoms with E-state index in [9.17, 15) is 19.8 Å². The summed E-state index contributed by atoms with van der Waals surface area (Å²) in [5.74, 6) is -0.0135. The minimum atomic E-state index is -0.662. The number of ether oxygens (including phenoxy) is 1. The molecular formula is C66H129NO5. The van der Waals surface area contributed by atoms with Crippen molar-refractivity contribution in [3.8, 4) is 0 Å². The Bertz CT molecular complexity index is 1080. The summed E-state index contributed by atoms with van der Waals surface area (Å²) in [6.45, 7) is 4.98. The Morgan fingerprint density at radius 3 is 0.986 bits per heavy atom. The number of allylic oxidation sites excluding steroid dienone is 2. The van der Waals surface area contributed by atoms with E-state index in [-0.39, 0.29) is 18.5 Å². The highest BCUT2D eigenvalue weighted by molar-refractivity contribution is 5.76. The van der Waals surface area contributed by atoms with Crippen LogP contribution in [0.25, 0.3) is 0 Å². The van der Waals surface area contributed by atoms with Crippen LogP contribution in [0.4, 0.5) is 0 Å². The van der Waals surface area contributed by atoms with Crippen molar-refractivity contribution < 1.29 is 24.5 Å². The monoisotopic (exact) mass is 1020 g/mol. The smallest absolute Gasteiger partial charge is 0.305 e. The molecule has 428 valence electrons. The normalized spacial score (nSPS) is 12.6. The molecule has 0 rings (SSSR count). The van der Waals surface area contributed by atoms with E-state index in [2.05, 4.69) is 31.3 Å². The second kappa shape index (κ2) is 62.1. The molecule has 0 aliphatic heterocycles. The van der Waals surface area contributed by atoms with Gasteiger partial charge in [-0.2, -0.15) is 0 Å². The molecule has 0 aliphatic rings. The van der Waals surface area contributed by atoms with E-state index in [0.29, 0.717) is 25.9 Å². The molecule has 0 heterocycles. The quantitative estimate of drug-likeness (QED) is 0.0320. The summed E-state index contributed by atoms with van der Waals surface area (Å²) in [4.78, 5) is 24.5. The Balaban J connectivity index is 3.35. The van der Waals surface area contributed by atoms with Crippen molar-refractivity contribution in [1.82, 2.24) is 5.32 Å². The number of hydrogen-bond donors (Lipinski definition) is 3. The van der Waals surface area contributed by atoms with Crippen LogP contribution in [0.5, 0.6) is 0 Å². The minimum absolute atomic E-state index is 0.0174. The lowest BCUT2D eigenvalue weighted by Crippen LogP contribution is -2.45. The van der Waals surface area contributed by atoms with E-state index in [1.54, 1.807) is 0 Å². The van der Waals surface area contributed by atoms with Crippen molar-refractivity contribution in [1.29, 1.82) is 0 Å². The summed E-state index contributed by atoms with van der Waals surface area (Å²) in [6.07, 6.45) is 75.3. The summed E-state index contributed by atoms with van der Waals surface area (Å²) in [6, 6.07) is -0.539. The van der Waals surface area contributed by atoms with Crippen molar-refractivity contribution in [3.63, 3.8) is 0 Å². The van der Waals surface area contributed by atoms with Crippen LogP contribution in [-0.4, -0.2) is 47.4 Å². The number of carbonyl (C=O) groups excluding carboxylic acids is 2. The molecule has 0 spiro atoms. The third-order valence-electron chi connectivity index (χ3n) is 15.6. The molecule has 6 heteroatoms. The molecule has 1 amide bonds. The van der Waals surface area contributed by atoms with E-state index in [0.717, 1.165) is 38.5 Å². The van der Waals surface area contributed by atoms with Crippen LogP contribution in [-0.2, 0) is 14.3 Å². The maximum atomic E-state index is 12.5. The molecule has 0 aromatic heterocycles. The van der Waals surface area contributed by atoms with Gasteiger partial charge in [-0.3, -0.25) is 9.59 Å². The van der Waals surface area contributed by atoms with Gasteiger partial charge in [0.05, 0.1) is 25.4 Å². The molecule has 0 saturated carbocycles. The molecule has 0 radical (unpaired) electrons. The summed E-state index contributed by atoms with van der Waals surface area (Å²) in [7, 11) is 0. The summed E-state index contributed by atoms with van der Waals surface area (Å²) in [5, 5.41) is 23.3.